The van der Waals surface area contributed by atoms with Gasteiger partial charge in [0.25, 0.3) is 0 Å². The summed E-state index contributed by atoms with van der Waals surface area (Å²) in [5.41, 5.74) is 10.5. The van der Waals surface area contributed by atoms with Crippen LogP contribution in [0.3, 0.4) is 0 Å². The van der Waals surface area contributed by atoms with Crippen molar-refractivity contribution in [1.29, 1.82) is 0 Å². The Morgan fingerprint density at radius 3 is 2.18 bits per heavy atom. The standard InChI is InChI=1S/C40H39N4.Pt/c1-39(2,3)29-18-19-41-38(25-29)44-34-13-9-8-12-32(34)33-17-16-27(23-37(33)44)20-28-21-30(40(4,5)6)24-31(22-28)43-26-42(7)35-14-10-11-15-36(35)43;/h8-19,21,24-26H,20H2,1-7H3;/q-3;. The Morgan fingerprint density at radius 2 is 1.42 bits per heavy atom. The molecule has 0 fully saturated rings. The first kappa shape index (κ1) is 31.1. The maximum absolute atomic E-state index is 4.85. The molecule has 232 valence electrons. The molecule has 0 atom stereocenters. The molecule has 6 aromatic rings. The molecule has 4 aromatic carbocycles. The number of rotatable bonds is 4. The number of benzene rings is 4. The first-order valence-electron chi connectivity index (χ1n) is 15.4. The van der Waals surface area contributed by atoms with Gasteiger partial charge < -0.3 is 14.4 Å². The second kappa shape index (κ2) is 11.5. The van der Waals surface area contributed by atoms with E-state index in [0.29, 0.717) is 0 Å². The van der Waals surface area contributed by atoms with Gasteiger partial charge in [0, 0.05) is 44.2 Å². The van der Waals surface area contributed by atoms with Crippen LogP contribution in [-0.4, -0.2) is 16.6 Å². The zero-order valence-electron chi connectivity index (χ0n) is 27.0. The van der Waals surface area contributed by atoms with Crippen molar-refractivity contribution >= 4 is 38.9 Å². The Balaban J connectivity index is 0.00000357. The van der Waals surface area contributed by atoms with Gasteiger partial charge in [0.1, 0.15) is 5.82 Å². The van der Waals surface area contributed by atoms with Crippen molar-refractivity contribution in [3.05, 3.63) is 132 Å². The van der Waals surface area contributed by atoms with Gasteiger partial charge in [0.2, 0.25) is 0 Å². The van der Waals surface area contributed by atoms with E-state index in [4.69, 9.17) is 4.98 Å². The third-order valence-corrected chi connectivity index (χ3v) is 8.71. The SMILES string of the molecule is CN1[CH-]N(c2[c-]c(Cc3[c-]c4c(cc3)c3ccccc3n4-c3cc(C(C)(C)C)ccn3)cc(C(C)(C)C)c2)c2ccccc21.[Pt]. The third kappa shape index (κ3) is 5.70. The fourth-order valence-corrected chi connectivity index (χ4v) is 6.21. The molecular formula is C40H39N4Pt-3. The number of hydrogen-bond acceptors (Lipinski definition) is 3. The van der Waals surface area contributed by atoms with Crippen LogP contribution in [0.25, 0.3) is 27.6 Å². The van der Waals surface area contributed by atoms with Crippen LogP contribution in [0.2, 0.25) is 0 Å². The van der Waals surface area contributed by atoms with Gasteiger partial charge >= 0.3 is 0 Å². The summed E-state index contributed by atoms with van der Waals surface area (Å²) in [7, 11) is 2.10. The fraction of sp³-hybridized carbons (Fsp3) is 0.250. The summed E-state index contributed by atoms with van der Waals surface area (Å²) in [6, 6.07) is 38.2. The smallest absolute Gasteiger partial charge is 0.135 e. The van der Waals surface area contributed by atoms with Crippen molar-refractivity contribution in [2.75, 3.05) is 16.8 Å². The van der Waals surface area contributed by atoms with Crippen LogP contribution in [0.4, 0.5) is 17.1 Å². The molecule has 0 saturated carbocycles. The van der Waals surface area contributed by atoms with Gasteiger partial charge in [0.15, 0.2) is 0 Å². The summed E-state index contributed by atoms with van der Waals surface area (Å²) in [5, 5.41) is 2.40. The number of hydrogen-bond donors (Lipinski definition) is 0. The molecule has 0 amide bonds. The van der Waals surface area contributed by atoms with Crippen LogP contribution in [-0.2, 0) is 38.3 Å². The van der Waals surface area contributed by atoms with Crippen LogP contribution >= 0.6 is 0 Å². The molecule has 1 aliphatic rings. The number of nitrogens with zero attached hydrogens (tertiary/aromatic N) is 4. The zero-order valence-corrected chi connectivity index (χ0v) is 29.3. The summed E-state index contributed by atoms with van der Waals surface area (Å²) in [4.78, 5) is 9.29. The molecule has 0 saturated heterocycles. The van der Waals surface area contributed by atoms with Crippen LogP contribution in [0.5, 0.6) is 0 Å². The average Bonchev–Trinajstić information content (AvgIpc) is 3.51. The molecule has 3 heterocycles. The van der Waals surface area contributed by atoms with Crippen molar-refractivity contribution in [3.8, 4) is 5.82 Å². The summed E-state index contributed by atoms with van der Waals surface area (Å²) in [6.07, 6.45) is 2.66. The average molecular weight is 771 g/mol. The molecule has 45 heavy (non-hydrogen) atoms. The van der Waals surface area contributed by atoms with Crippen molar-refractivity contribution < 1.29 is 21.1 Å². The third-order valence-electron chi connectivity index (χ3n) is 8.71. The van der Waals surface area contributed by atoms with Gasteiger partial charge in [-0.3, -0.25) is 0 Å². The van der Waals surface area contributed by atoms with E-state index >= 15 is 0 Å². The Labute approximate surface area is 282 Å². The van der Waals surface area contributed by atoms with Crippen LogP contribution < -0.4 is 9.80 Å². The van der Waals surface area contributed by atoms with Gasteiger partial charge in [-0.25, -0.2) is 4.98 Å². The molecule has 0 unspecified atom stereocenters. The molecule has 4 nitrogen and oxygen atoms in total. The molecule has 2 aromatic heterocycles. The Morgan fingerprint density at radius 1 is 0.711 bits per heavy atom. The van der Waals surface area contributed by atoms with E-state index < -0.39 is 0 Å². The van der Waals surface area contributed by atoms with Crippen molar-refractivity contribution in [1.82, 2.24) is 9.55 Å². The number of aromatic nitrogens is 2. The van der Waals surface area contributed by atoms with Crippen molar-refractivity contribution in [2.45, 2.75) is 58.8 Å². The van der Waals surface area contributed by atoms with Crippen LogP contribution in [0.1, 0.15) is 63.8 Å². The van der Waals surface area contributed by atoms with E-state index in [9.17, 15) is 0 Å². The van der Waals surface area contributed by atoms with E-state index in [2.05, 4.69) is 167 Å². The topological polar surface area (TPSA) is 24.3 Å². The quantitative estimate of drug-likeness (QED) is 0.167. The molecule has 0 spiro atoms. The molecule has 0 radical (unpaired) electrons. The van der Waals surface area contributed by atoms with E-state index in [0.717, 1.165) is 40.1 Å². The first-order valence-corrected chi connectivity index (χ1v) is 15.4. The van der Waals surface area contributed by atoms with Crippen molar-refractivity contribution in [2.24, 2.45) is 0 Å². The van der Waals surface area contributed by atoms with Crippen LogP contribution in [0.15, 0.2) is 91.1 Å². The van der Waals surface area contributed by atoms with E-state index in [1.54, 1.807) is 0 Å². The maximum Gasteiger partial charge on any atom is 0.135 e. The fourth-order valence-electron chi connectivity index (χ4n) is 6.21. The molecule has 7 rings (SSSR count). The number of pyridine rings is 1. The monoisotopic (exact) mass is 770 g/mol. The van der Waals surface area contributed by atoms with Gasteiger partial charge in [0.05, 0.1) is 0 Å². The Bertz CT molecular complexity index is 2030. The molecule has 0 N–H and O–H groups in total. The normalized spacial score (nSPS) is 13.4. The second-order valence-corrected chi connectivity index (χ2v) is 14.0. The minimum absolute atomic E-state index is 0. The predicted octanol–water partition coefficient (Wildman–Crippen LogP) is 9.67. The number of para-hydroxylation sites is 3. The van der Waals surface area contributed by atoms with Gasteiger partial charge in [-0.05, 0) is 65.6 Å². The summed E-state index contributed by atoms with van der Waals surface area (Å²) < 4.78 is 2.27. The maximum atomic E-state index is 4.85. The molecular weight excluding hydrogens is 732 g/mol. The van der Waals surface area contributed by atoms with Gasteiger partial charge in [-0.1, -0.05) is 77.4 Å². The molecule has 1 aliphatic heterocycles. The summed E-state index contributed by atoms with van der Waals surface area (Å²) in [6.45, 7) is 15.7. The Hall–Kier alpha value is -3.88. The minimum atomic E-state index is -0.00637. The van der Waals surface area contributed by atoms with E-state index in [-0.39, 0.29) is 31.9 Å². The second-order valence-electron chi connectivity index (χ2n) is 14.0. The summed E-state index contributed by atoms with van der Waals surface area (Å²) >= 11 is 0. The molecule has 0 aliphatic carbocycles. The molecule has 5 heteroatoms. The summed E-state index contributed by atoms with van der Waals surface area (Å²) in [5.74, 6) is 0.924. The number of anilines is 3. The van der Waals surface area contributed by atoms with Gasteiger partial charge in [-0.15, -0.1) is 17.1 Å². The molecule has 0 bridgehead atoms. The largest absolute Gasteiger partial charge is 0.504 e. The van der Waals surface area contributed by atoms with E-state index in [1.165, 1.54) is 33.3 Å². The van der Waals surface area contributed by atoms with Gasteiger partial charge in [-0.2, -0.15) is 53.7 Å². The minimum Gasteiger partial charge on any atom is -0.504 e. The van der Waals surface area contributed by atoms with Crippen LogP contribution in [0, 0.1) is 18.8 Å². The van der Waals surface area contributed by atoms with Crippen molar-refractivity contribution in [3.63, 3.8) is 0 Å². The Kier molecular flexibility index (Phi) is 7.94. The predicted molar refractivity (Wildman–Crippen MR) is 184 cm³/mol. The first-order chi connectivity index (χ1) is 21.0. The zero-order chi connectivity index (χ0) is 30.8. The van der Waals surface area contributed by atoms with E-state index in [1.807, 2.05) is 6.20 Å². The number of fused-ring (bicyclic) bond motifs is 4.